The van der Waals surface area contributed by atoms with E-state index >= 15 is 0 Å². The van der Waals surface area contributed by atoms with Crippen LogP contribution in [0.4, 0.5) is 5.82 Å². The average Bonchev–Trinajstić information content (AvgIpc) is 3.40. The van der Waals surface area contributed by atoms with Gasteiger partial charge in [0, 0.05) is 17.8 Å². The summed E-state index contributed by atoms with van der Waals surface area (Å²) in [5.74, 6) is 0.00937. The molecule has 1 aliphatic carbocycles. The fourth-order valence-electron chi connectivity index (χ4n) is 2.59. The maximum absolute atomic E-state index is 12.3. The third-order valence-electron chi connectivity index (χ3n) is 4.40. The number of anilines is 1. The van der Waals surface area contributed by atoms with E-state index in [-0.39, 0.29) is 12.4 Å². The Labute approximate surface area is 147 Å². The summed E-state index contributed by atoms with van der Waals surface area (Å²) in [4.78, 5) is 28.6. The van der Waals surface area contributed by atoms with Crippen LogP contribution in [0.2, 0.25) is 0 Å². The van der Waals surface area contributed by atoms with Crippen molar-refractivity contribution in [1.29, 1.82) is 0 Å². The van der Waals surface area contributed by atoms with Crippen LogP contribution >= 0.6 is 0 Å². The van der Waals surface area contributed by atoms with Gasteiger partial charge in [-0.05, 0) is 68.5 Å². The van der Waals surface area contributed by atoms with Gasteiger partial charge in [0.2, 0.25) is 5.78 Å². The van der Waals surface area contributed by atoms with E-state index in [1.807, 2.05) is 32.9 Å². The molecule has 0 saturated heterocycles. The molecule has 5 nitrogen and oxygen atoms in total. The number of ketones is 1. The molecule has 5 heteroatoms. The zero-order valence-corrected chi connectivity index (χ0v) is 14.8. The Balaban J connectivity index is 1.59. The van der Waals surface area contributed by atoms with E-state index in [9.17, 15) is 9.59 Å². The fourth-order valence-corrected chi connectivity index (χ4v) is 2.59. The molecule has 0 aliphatic heterocycles. The average molecular weight is 338 g/mol. The minimum absolute atomic E-state index is 0.200. The van der Waals surface area contributed by atoms with Crippen LogP contribution in [0.5, 0.6) is 0 Å². The highest BCUT2D eigenvalue weighted by atomic mass is 16.5. The third-order valence-corrected chi connectivity index (χ3v) is 4.40. The maximum Gasteiger partial charge on any atom is 0.340 e. The number of aryl methyl sites for hydroxylation is 3. The molecule has 1 aromatic carbocycles. The van der Waals surface area contributed by atoms with Gasteiger partial charge in [0.05, 0.1) is 5.56 Å². The number of aromatic nitrogens is 1. The van der Waals surface area contributed by atoms with E-state index in [2.05, 4.69) is 10.3 Å². The number of nitrogens with zero attached hydrogens (tertiary/aromatic N) is 1. The normalized spacial score (nSPS) is 13.4. The third kappa shape index (κ3) is 4.24. The smallest absolute Gasteiger partial charge is 0.340 e. The van der Waals surface area contributed by atoms with Crippen molar-refractivity contribution >= 4 is 17.6 Å². The predicted octanol–water partition coefficient (Wildman–Crippen LogP) is 3.62. The van der Waals surface area contributed by atoms with Crippen LogP contribution in [0.3, 0.4) is 0 Å². The first-order valence-electron chi connectivity index (χ1n) is 8.45. The Bertz CT molecular complexity index is 808. The lowest BCUT2D eigenvalue weighted by Crippen LogP contribution is -2.16. The first-order valence-corrected chi connectivity index (χ1v) is 8.45. The maximum atomic E-state index is 12.3. The molecule has 2 aromatic rings. The summed E-state index contributed by atoms with van der Waals surface area (Å²) in [6, 6.07) is 7.74. The van der Waals surface area contributed by atoms with Gasteiger partial charge in [0.25, 0.3) is 0 Å². The molecular formula is C20H22N2O3. The molecule has 1 N–H and O–H groups in total. The Morgan fingerprint density at radius 2 is 1.84 bits per heavy atom. The molecule has 1 saturated carbocycles. The van der Waals surface area contributed by atoms with Gasteiger partial charge in [0.1, 0.15) is 5.82 Å². The van der Waals surface area contributed by atoms with Gasteiger partial charge in [-0.15, -0.1) is 0 Å². The summed E-state index contributed by atoms with van der Waals surface area (Å²) in [5.41, 5.74) is 4.01. The molecule has 0 radical (unpaired) electrons. The van der Waals surface area contributed by atoms with Crippen LogP contribution in [0, 0.1) is 20.8 Å². The number of Topliss-reactive ketones (excluding diaryl/α,β-unsaturated/α-hetero) is 1. The summed E-state index contributed by atoms with van der Waals surface area (Å²) in [6.45, 7) is 5.58. The van der Waals surface area contributed by atoms with Gasteiger partial charge in [-0.1, -0.05) is 6.07 Å². The lowest BCUT2D eigenvalue weighted by molar-refractivity contribution is 0.0474. The van der Waals surface area contributed by atoms with Crippen molar-refractivity contribution in [1.82, 2.24) is 4.98 Å². The summed E-state index contributed by atoms with van der Waals surface area (Å²) in [5, 5.41) is 3.25. The zero-order chi connectivity index (χ0) is 18.0. The zero-order valence-electron chi connectivity index (χ0n) is 14.8. The van der Waals surface area contributed by atoms with Gasteiger partial charge in [-0.3, -0.25) is 4.79 Å². The highest BCUT2D eigenvalue weighted by Gasteiger charge is 2.21. The Kier molecular flexibility index (Phi) is 4.83. The quantitative estimate of drug-likeness (QED) is 0.643. The molecule has 0 bridgehead atoms. The Morgan fingerprint density at radius 3 is 2.48 bits per heavy atom. The number of carbonyl (C=O) groups excluding carboxylic acids is 2. The molecule has 130 valence electrons. The SMILES string of the molecule is Cc1cc(C)c(C(=O)COC(=O)c2ccc(NC3CC3)nc2)cc1C. The second-order valence-electron chi connectivity index (χ2n) is 6.60. The first kappa shape index (κ1) is 17.1. The topological polar surface area (TPSA) is 68.3 Å². The van der Waals surface area contributed by atoms with Crippen molar-refractivity contribution in [2.45, 2.75) is 39.7 Å². The summed E-state index contributed by atoms with van der Waals surface area (Å²) in [7, 11) is 0. The van der Waals surface area contributed by atoms with E-state index in [0.29, 0.717) is 17.2 Å². The molecule has 0 unspecified atom stereocenters. The predicted molar refractivity (Wildman–Crippen MR) is 96.1 cm³/mol. The number of esters is 1. The number of nitrogens with one attached hydrogen (secondary N) is 1. The molecule has 0 amide bonds. The number of hydrogen-bond acceptors (Lipinski definition) is 5. The molecule has 1 heterocycles. The minimum Gasteiger partial charge on any atom is -0.454 e. The van der Waals surface area contributed by atoms with E-state index < -0.39 is 5.97 Å². The molecule has 3 rings (SSSR count). The van der Waals surface area contributed by atoms with Crippen LogP contribution < -0.4 is 5.32 Å². The summed E-state index contributed by atoms with van der Waals surface area (Å²) in [6.07, 6.45) is 3.79. The molecule has 0 atom stereocenters. The molecule has 1 fully saturated rings. The lowest BCUT2D eigenvalue weighted by atomic mass is 9.98. The molecule has 25 heavy (non-hydrogen) atoms. The lowest BCUT2D eigenvalue weighted by Gasteiger charge is -2.10. The number of ether oxygens (including phenoxy) is 1. The number of benzene rings is 1. The van der Waals surface area contributed by atoms with Gasteiger partial charge >= 0.3 is 5.97 Å². The number of pyridine rings is 1. The highest BCUT2D eigenvalue weighted by molar-refractivity contribution is 6.00. The van der Waals surface area contributed by atoms with E-state index in [4.69, 9.17) is 4.74 Å². The van der Waals surface area contributed by atoms with E-state index in [1.54, 1.807) is 12.1 Å². The Morgan fingerprint density at radius 1 is 1.12 bits per heavy atom. The number of hydrogen-bond donors (Lipinski definition) is 1. The van der Waals surface area contributed by atoms with E-state index in [1.165, 1.54) is 6.20 Å². The van der Waals surface area contributed by atoms with Gasteiger partial charge in [0.15, 0.2) is 6.61 Å². The van der Waals surface area contributed by atoms with Crippen molar-refractivity contribution in [2.75, 3.05) is 11.9 Å². The van der Waals surface area contributed by atoms with Crippen molar-refractivity contribution in [2.24, 2.45) is 0 Å². The largest absolute Gasteiger partial charge is 0.454 e. The standard InChI is InChI=1S/C20H22N2O3/c1-12-8-14(3)17(9-13(12)2)18(23)11-25-20(24)15-4-7-19(21-10-15)22-16-5-6-16/h4,7-10,16H,5-6,11H2,1-3H3,(H,21,22). The van der Waals surface area contributed by atoms with Gasteiger partial charge < -0.3 is 10.1 Å². The van der Waals surface area contributed by atoms with E-state index in [0.717, 1.165) is 35.3 Å². The summed E-state index contributed by atoms with van der Waals surface area (Å²) >= 11 is 0. The molecule has 1 aliphatic rings. The van der Waals surface area contributed by atoms with Crippen molar-refractivity contribution < 1.29 is 14.3 Å². The van der Waals surface area contributed by atoms with Gasteiger partial charge in [-0.25, -0.2) is 9.78 Å². The number of carbonyl (C=O) groups is 2. The Hall–Kier alpha value is -2.69. The second kappa shape index (κ2) is 7.05. The molecular weight excluding hydrogens is 316 g/mol. The van der Waals surface area contributed by atoms with Crippen LogP contribution in [-0.4, -0.2) is 29.4 Å². The van der Waals surface area contributed by atoms with Crippen molar-refractivity contribution in [3.05, 3.63) is 58.3 Å². The second-order valence-corrected chi connectivity index (χ2v) is 6.60. The van der Waals surface area contributed by atoms with Crippen molar-refractivity contribution in [3.8, 4) is 0 Å². The monoisotopic (exact) mass is 338 g/mol. The number of rotatable bonds is 6. The first-order chi connectivity index (χ1) is 11.9. The van der Waals surface area contributed by atoms with Gasteiger partial charge in [-0.2, -0.15) is 0 Å². The van der Waals surface area contributed by atoms with Crippen molar-refractivity contribution in [3.63, 3.8) is 0 Å². The summed E-state index contributed by atoms with van der Waals surface area (Å²) < 4.78 is 5.15. The van der Waals surface area contributed by atoms with Crippen LogP contribution in [-0.2, 0) is 4.74 Å². The highest BCUT2D eigenvalue weighted by Crippen LogP contribution is 2.23. The molecule has 1 aromatic heterocycles. The van der Waals surface area contributed by atoms with Crippen LogP contribution in [0.1, 0.15) is 50.2 Å². The van der Waals surface area contributed by atoms with Crippen LogP contribution in [0.15, 0.2) is 30.5 Å². The molecule has 0 spiro atoms. The minimum atomic E-state index is -0.541. The fraction of sp³-hybridized carbons (Fsp3) is 0.350. The van der Waals surface area contributed by atoms with Crippen LogP contribution in [0.25, 0.3) is 0 Å².